The Hall–Kier alpha value is -4.82. The zero-order valence-corrected chi connectivity index (χ0v) is 32.1. The summed E-state index contributed by atoms with van der Waals surface area (Å²) in [6, 6.07) is 17.3. The molecule has 2 fully saturated rings. The number of fused-ring (bicyclic) bond motifs is 1. The van der Waals surface area contributed by atoms with Crippen molar-refractivity contribution < 1.29 is 38.5 Å². The number of anilines is 1. The van der Waals surface area contributed by atoms with E-state index in [2.05, 4.69) is 10.00 Å². The fourth-order valence-corrected chi connectivity index (χ4v) is 7.88. The number of nitrogens with zero attached hydrogens (tertiary/aromatic N) is 5. The molecule has 56 heavy (non-hydrogen) atoms. The topological polar surface area (TPSA) is 143 Å². The van der Waals surface area contributed by atoms with Gasteiger partial charge in [-0.15, -0.1) is 0 Å². The van der Waals surface area contributed by atoms with Crippen molar-refractivity contribution >= 4 is 57.1 Å². The average Bonchev–Trinajstić information content (AvgIpc) is 3.74. The molecule has 1 saturated heterocycles. The molecule has 0 unspecified atom stereocenters. The summed E-state index contributed by atoms with van der Waals surface area (Å²) in [4.78, 5) is 28.8. The van der Waals surface area contributed by atoms with Crippen molar-refractivity contribution in [2.75, 3.05) is 17.8 Å². The fraction of sp³-hybridized carbons (Fsp3) is 0.359. The maximum atomic E-state index is 14.8. The van der Waals surface area contributed by atoms with Crippen LogP contribution in [0.15, 0.2) is 66.9 Å². The fourth-order valence-electron chi connectivity index (χ4n) is 7.88. The van der Waals surface area contributed by atoms with Crippen LogP contribution in [0.2, 0.25) is 20.5 Å². The highest BCUT2D eigenvalue weighted by molar-refractivity contribution is 6.75. The molecular weight excluding hydrogens is 713 g/mol. The van der Waals surface area contributed by atoms with Gasteiger partial charge < -0.3 is 43.4 Å². The Balaban J connectivity index is 1.27. The lowest BCUT2D eigenvalue weighted by Crippen LogP contribution is -2.48. The van der Waals surface area contributed by atoms with Gasteiger partial charge in [-0.2, -0.15) is 5.10 Å². The Labute approximate surface area is 327 Å². The van der Waals surface area contributed by atoms with Crippen LogP contribution in [0, 0.1) is 12.7 Å². The first-order valence-corrected chi connectivity index (χ1v) is 19.3. The molecule has 0 spiro atoms. The lowest BCUT2D eigenvalue weighted by Gasteiger charge is -2.41. The first-order chi connectivity index (χ1) is 26.9. The molecule has 5 aromatic rings. The maximum Gasteiger partial charge on any atom is 0.414 e. The molecule has 0 bridgehead atoms. The molecule has 1 aliphatic carbocycles. The summed E-state index contributed by atoms with van der Waals surface area (Å²) in [7, 11) is -2.12. The number of aryl methyl sites for hydroxylation is 1. The Morgan fingerprint density at radius 1 is 0.982 bits per heavy atom. The summed E-state index contributed by atoms with van der Waals surface area (Å²) in [6.45, 7) is 8.23. The van der Waals surface area contributed by atoms with Gasteiger partial charge in [-0.25, -0.2) is 9.07 Å². The standard InChI is InChI=1S/C39H45B4FN5O7/c1-25-18-29(12-13-35(25)56-36-11-6-5-10-32(36)44)48-39(49(42(3)53)43(4)54)31(23-45-48)38(51)34-19-26-21-37(27(22-40-24-50)20-33(26)47(34)41(2)52)55-30-14-16-46(17-15-30)28-8-7-9-28/h5-6,10-13,18-21,23-24,28,30,52-54H,7-9,14-17,22H2,1-4H3. The zero-order chi connectivity index (χ0) is 39.7. The molecule has 2 aromatic heterocycles. The maximum absolute atomic E-state index is 14.8. The number of halogens is 1. The minimum Gasteiger partial charge on any atom is -0.490 e. The van der Waals surface area contributed by atoms with E-state index in [9.17, 15) is 29.1 Å². The summed E-state index contributed by atoms with van der Waals surface area (Å²) in [5, 5.41) is 38.3. The Bertz CT molecular complexity index is 2210. The second-order valence-electron chi connectivity index (χ2n) is 14.8. The molecule has 0 atom stereocenters. The normalized spacial score (nSPS) is 15.0. The molecule has 17 heteroatoms. The highest BCUT2D eigenvalue weighted by Gasteiger charge is 2.35. The van der Waals surface area contributed by atoms with Gasteiger partial charge in [0, 0.05) is 30.0 Å². The van der Waals surface area contributed by atoms with Crippen molar-refractivity contribution in [2.24, 2.45) is 0 Å². The van der Waals surface area contributed by atoms with Crippen LogP contribution in [0.4, 0.5) is 10.2 Å². The quantitative estimate of drug-likeness (QED) is 0.0753. The van der Waals surface area contributed by atoms with Crippen molar-refractivity contribution in [2.45, 2.75) is 78.0 Å². The van der Waals surface area contributed by atoms with Gasteiger partial charge in [-0.3, -0.25) is 4.79 Å². The smallest absolute Gasteiger partial charge is 0.414 e. The largest absolute Gasteiger partial charge is 0.490 e. The van der Waals surface area contributed by atoms with Crippen LogP contribution in [0.5, 0.6) is 17.2 Å². The molecule has 287 valence electrons. The number of carbonyl (C=O) groups is 2. The third-order valence-electron chi connectivity index (χ3n) is 10.9. The average molecular weight is 758 g/mol. The lowest BCUT2D eigenvalue weighted by molar-refractivity contribution is 0.0491. The van der Waals surface area contributed by atoms with Crippen molar-refractivity contribution in [1.29, 1.82) is 0 Å². The summed E-state index contributed by atoms with van der Waals surface area (Å²) < 4.78 is 31.1. The van der Waals surface area contributed by atoms with Crippen LogP contribution in [0.25, 0.3) is 16.6 Å². The number of hydrogen-bond donors (Lipinski definition) is 3. The number of ether oxygens (including phenoxy) is 2. The summed E-state index contributed by atoms with van der Waals surface area (Å²) in [5.41, 5.74) is 2.65. The molecule has 1 saturated carbocycles. The molecule has 1 aliphatic heterocycles. The van der Waals surface area contributed by atoms with Crippen LogP contribution in [-0.2, 0) is 11.1 Å². The molecule has 12 nitrogen and oxygen atoms in total. The van der Waals surface area contributed by atoms with Crippen LogP contribution >= 0.6 is 0 Å². The predicted octanol–water partition coefficient (Wildman–Crippen LogP) is 5.07. The van der Waals surface area contributed by atoms with Crippen LogP contribution in [0.3, 0.4) is 0 Å². The van der Waals surface area contributed by atoms with Gasteiger partial charge in [-0.05, 0) is 119 Å². The number of aromatic nitrogens is 3. The van der Waals surface area contributed by atoms with E-state index in [4.69, 9.17) is 9.47 Å². The third-order valence-corrected chi connectivity index (χ3v) is 10.9. The molecule has 3 N–H and O–H groups in total. The van der Waals surface area contributed by atoms with E-state index in [1.165, 1.54) is 72.4 Å². The minimum atomic E-state index is -1.25. The van der Waals surface area contributed by atoms with Gasteiger partial charge in [0.2, 0.25) is 13.1 Å². The predicted molar refractivity (Wildman–Crippen MR) is 219 cm³/mol. The number of piperidine rings is 1. The first kappa shape index (κ1) is 39.4. The first-order valence-electron chi connectivity index (χ1n) is 19.3. The van der Waals surface area contributed by atoms with E-state index < -0.39 is 32.8 Å². The number of carbonyl (C=O) groups excluding carboxylic acids is 2. The van der Waals surface area contributed by atoms with E-state index in [1.54, 1.807) is 50.1 Å². The highest BCUT2D eigenvalue weighted by atomic mass is 19.1. The molecule has 3 aromatic carbocycles. The molecule has 7 rings (SSSR count). The number of rotatable bonds is 15. The van der Waals surface area contributed by atoms with Crippen molar-refractivity contribution in [3.05, 3.63) is 95.1 Å². The van der Waals surface area contributed by atoms with Crippen LogP contribution in [-0.4, -0.2) is 99.9 Å². The summed E-state index contributed by atoms with van der Waals surface area (Å²) >= 11 is 0. The number of benzene rings is 3. The SMILES string of the molecule is CB(O)N(B(C)O)c1c(C(=O)c2cc3cc(OC4CCN(C5CCC5)CC4)c(C[B]C=O)cc3n2B(C)O)cnn1-c1ccc(Oc2ccccc2F)c(C)c1. The Morgan fingerprint density at radius 2 is 1.71 bits per heavy atom. The van der Waals surface area contributed by atoms with Gasteiger partial charge in [0.25, 0.3) is 0 Å². The minimum absolute atomic E-state index is 0.00260. The van der Waals surface area contributed by atoms with E-state index >= 15 is 0 Å². The van der Waals surface area contributed by atoms with Crippen LogP contribution < -0.4 is 14.2 Å². The van der Waals surface area contributed by atoms with E-state index in [0.717, 1.165) is 37.7 Å². The molecule has 0 amide bonds. The van der Waals surface area contributed by atoms with Gasteiger partial charge in [-0.1, -0.05) is 18.6 Å². The molecule has 2 aliphatic rings. The van der Waals surface area contributed by atoms with E-state index in [0.29, 0.717) is 46.0 Å². The summed E-state index contributed by atoms with van der Waals surface area (Å²) in [5.74, 6) is 0.185. The Morgan fingerprint density at radius 3 is 2.34 bits per heavy atom. The molecule has 3 heterocycles. The van der Waals surface area contributed by atoms with Crippen molar-refractivity contribution in [3.63, 3.8) is 0 Å². The third kappa shape index (κ3) is 7.90. The Kier molecular flexibility index (Phi) is 11.8. The van der Waals surface area contributed by atoms with E-state index in [-0.39, 0.29) is 28.9 Å². The number of hydrogen-bond acceptors (Lipinski definition) is 10. The number of ketones is 1. The summed E-state index contributed by atoms with van der Waals surface area (Å²) in [6.07, 6.45) is 8.01. The second-order valence-corrected chi connectivity index (χ2v) is 14.8. The second kappa shape index (κ2) is 16.7. The van der Waals surface area contributed by atoms with Crippen molar-refractivity contribution in [1.82, 2.24) is 19.2 Å². The number of para-hydroxylation sites is 1. The van der Waals surface area contributed by atoms with Gasteiger partial charge in [0.1, 0.15) is 23.4 Å². The lowest BCUT2D eigenvalue weighted by atomic mass is 9.69. The molecule has 1 radical (unpaired) electrons. The van der Waals surface area contributed by atoms with Gasteiger partial charge in [0.15, 0.2) is 11.6 Å². The molecular formula is C39H45B4FN5O7. The monoisotopic (exact) mass is 758 g/mol. The number of likely N-dealkylation sites (tertiary alicyclic amines) is 1. The zero-order valence-electron chi connectivity index (χ0n) is 32.1. The van der Waals surface area contributed by atoms with Crippen molar-refractivity contribution in [3.8, 4) is 22.9 Å². The van der Waals surface area contributed by atoms with Gasteiger partial charge >= 0.3 is 21.2 Å². The van der Waals surface area contributed by atoms with E-state index in [1.807, 2.05) is 12.1 Å². The highest BCUT2D eigenvalue weighted by Crippen LogP contribution is 2.36. The van der Waals surface area contributed by atoms with Crippen LogP contribution in [0.1, 0.15) is 59.3 Å². The van der Waals surface area contributed by atoms with Gasteiger partial charge in [0.05, 0.1) is 29.3 Å².